The van der Waals surface area contributed by atoms with Crippen molar-refractivity contribution in [2.75, 3.05) is 13.1 Å². The third kappa shape index (κ3) is 8.60. The fourth-order valence-electron chi connectivity index (χ4n) is 3.63. The number of amides is 1. The monoisotopic (exact) mass is 424 g/mol. The van der Waals surface area contributed by atoms with Gasteiger partial charge >= 0.3 is 0 Å². The molecule has 2 aromatic rings. The molecule has 2 aromatic carbocycles. The number of carboxylic acids is 1. The second-order valence-electron chi connectivity index (χ2n) is 7.63. The number of carbonyl (C=O) groups excluding carboxylic acids is 1. The summed E-state index contributed by atoms with van der Waals surface area (Å²) in [7, 11) is 0. The average molecular weight is 425 g/mol. The van der Waals surface area contributed by atoms with Crippen molar-refractivity contribution in [2.24, 2.45) is 5.73 Å². The van der Waals surface area contributed by atoms with Crippen molar-refractivity contribution < 1.29 is 14.7 Å². The number of nitrogens with one attached hydrogen (secondary N) is 2. The number of carboxylic acid groups (broad SMARTS) is 1. The Morgan fingerprint density at radius 3 is 2.39 bits per heavy atom. The number of amidine groups is 1. The summed E-state index contributed by atoms with van der Waals surface area (Å²) in [6.07, 6.45) is 4.13. The summed E-state index contributed by atoms with van der Waals surface area (Å²) in [5, 5.41) is 17.9. The van der Waals surface area contributed by atoms with Crippen molar-refractivity contribution in [1.82, 2.24) is 10.2 Å². The van der Waals surface area contributed by atoms with Crippen LogP contribution in [0.5, 0.6) is 0 Å². The van der Waals surface area contributed by atoms with Gasteiger partial charge in [0.25, 0.3) is 5.97 Å². The maximum absolute atomic E-state index is 12.6. The lowest BCUT2D eigenvalue weighted by molar-refractivity contribution is -0.134. The number of hydrogen-bond donors (Lipinski definition) is 4. The van der Waals surface area contributed by atoms with Crippen LogP contribution in [0.15, 0.2) is 54.6 Å². The van der Waals surface area contributed by atoms with E-state index in [0.29, 0.717) is 12.1 Å². The van der Waals surface area contributed by atoms with Crippen LogP contribution >= 0.6 is 0 Å². The minimum absolute atomic E-state index is 0.0164. The Kier molecular flexibility index (Phi) is 9.71. The summed E-state index contributed by atoms with van der Waals surface area (Å²) < 4.78 is 0. The number of carbonyl (C=O) groups is 2. The molecule has 0 aromatic heterocycles. The molecule has 0 unspecified atom stereocenters. The predicted molar refractivity (Wildman–Crippen MR) is 122 cm³/mol. The van der Waals surface area contributed by atoms with E-state index in [1.54, 1.807) is 0 Å². The van der Waals surface area contributed by atoms with Gasteiger partial charge in [-0.3, -0.25) is 19.9 Å². The molecule has 0 saturated carbocycles. The molecule has 0 aliphatic carbocycles. The highest BCUT2D eigenvalue weighted by atomic mass is 16.4. The Morgan fingerprint density at radius 1 is 1.13 bits per heavy atom. The first-order valence-electron chi connectivity index (χ1n) is 10.6. The van der Waals surface area contributed by atoms with Gasteiger partial charge in [0.1, 0.15) is 5.84 Å². The third-order valence-corrected chi connectivity index (χ3v) is 5.15. The van der Waals surface area contributed by atoms with Crippen LogP contribution in [0.3, 0.4) is 0 Å². The third-order valence-electron chi connectivity index (χ3n) is 5.15. The fourth-order valence-corrected chi connectivity index (χ4v) is 3.63. The van der Waals surface area contributed by atoms with Gasteiger partial charge in [0, 0.05) is 19.0 Å². The molecule has 0 radical (unpaired) electrons. The van der Waals surface area contributed by atoms with Crippen LogP contribution in [0.1, 0.15) is 42.9 Å². The van der Waals surface area contributed by atoms with E-state index in [4.69, 9.17) is 21.0 Å². The number of hydrogen-bond acceptors (Lipinski definition) is 4. The fraction of sp³-hybridized carbons (Fsp3) is 0.375. The molecule has 3 rings (SSSR count). The van der Waals surface area contributed by atoms with E-state index in [-0.39, 0.29) is 17.8 Å². The summed E-state index contributed by atoms with van der Waals surface area (Å²) in [6, 6.07) is 17.9. The van der Waals surface area contributed by atoms with E-state index < -0.39 is 5.97 Å². The summed E-state index contributed by atoms with van der Waals surface area (Å²) in [6.45, 7) is 3.55. The molecule has 1 fully saturated rings. The van der Waals surface area contributed by atoms with Crippen LogP contribution in [0.4, 0.5) is 0 Å². The number of aliphatic carboxylic acids is 1. The number of nitrogen functional groups attached to an aromatic ring is 1. The van der Waals surface area contributed by atoms with Crippen molar-refractivity contribution in [2.45, 2.75) is 45.2 Å². The molecule has 1 heterocycles. The van der Waals surface area contributed by atoms with Crippen LogP contribution < -0.4 is 11.1 Å². The molecule has 31 heavy (non-hydrogen) atoms. The van der Waals surface area contributed by atoms with Crippen LogP contribution in [0, 0.1) is 5.41 Å². The van der Waals surface area contributed by atoms with E-state index in [9.17, 15) is 4.79 Å². The summed E-state index contributed by atoms with van der Waals surface area (Å²) >= 11 is 0. The first-order valence-corrected chi connectivity index (χ1v) is 10.6. The molecule has 1 amide bonds. The summed E-state index contributed by atoms with van der Waals surface area (Å²) in [4.78, 5) is 23.9. The number of benzene rings is 2. The van der Waals surface area contributed by atoms with E-state index in [1.807, 2.05) is 30.3 Å². The van der Waals surface area contributed by atoms with Gasteiger partial charge in [-0.05, 0) is 49.9 Å². The molecule has 5 N–H and O–H groups in total. The molecular formula is C24H32N4O3. The predicted octanol–water partition coefficient (Wildman–Crippen LogP) is 2.77. The van der Waals surface area contributed by atoms with Gasteiger partial charge in [0.2, 0.25) is 5.91 Å². The Morgan fingerprint density at radius 2 is 1.77 bits per heavy atom. The van der Waals surface area contributed by atoms with Crippen molar-refractivity contribution in [3.8, 4) is 0 Å². The van der Waals surface area contributed by atoms with Gasteiger partial charge < -0.3 is 16.2 Å². The lowest BCUT2D eigenvalue weighted by Crippen LogP contribution is -2.43. The highest BCUT2D eigenvalue weighted by Gasteiger charge is 2.29. The number of nitrogens with zero attached hydrogens (tertiary/aromatic N) is 1. The molecule has 1 saturated heterocycles. The SMILES string of the molecule is CC(=O)O.N=C(N)c1ccc(CNC(=O)[C@@H]2CCCN2CCCc2ccccc2)cc1. The normalized spacial score (nSPS) is 15.6. The van der Waals surface area contributed by atoms with Crippen molar-refractivity contribution in [1.29, 1.82) is 5.41 Å². The summed E-state index contributed by atoms with van der Waals surface area (Å²) in [5.41, 5.74) is 8.54. The van der Waals surface area contributed by atoms with Gasteiger partial charge in [-0.2, -0.15) is 0 Å². The average Bonchev–Trinajstić information content (AvgIpc) is 3.21. The van der Waals surface area contributed by atoms with Crippen molar-refractivity contribution in [3.05, 3.63) is 71.3 Å². The van der Waals surface area contributed by atoms with Gasteiger partial charge in [-0.15, -0.1) is 0 Å². The Bertz CT molecular complexity index is 849. The van der Waals surface area contributed by atoms with Gasteiger partial charge in [0.05, 0.1) is 6.04 Å². The number of aryl methyl sites for hydroxylation is 1. The second kappa shape index (κ2) is 12.5. The minimum atomic E-state index is -0.833. The Balaban J connectivity index is 0.000000785. The first kappa shape index (κ1) is 24.1. The highest BCUT2D eigenvalue weighted by molar-refractivity contribution is 5.94. The Hall–Kier alpha value is -3.19. The van der Waals surface area contributed by atoms with Crippen LogP contribution in [-0.4, -0.2) is 46.8 Å². The highest BCUT2D eigenvalue weighted by Crippen LogP contribution is 2.18. The zero-order valence-corrected chi connectivity index (χ0v) is 18.0. The molecule has 0 bridgehead atoms. The Labute approximate surface area is 183 Å². The van der Waals surface area contributed by atoms with Gasteiger partial charge in [-0.25, -0.2) is 0 Å². The molecule has 7 heteroatoms. The lowest BCUT2D eigenvalue weighted by atomic mass is 10.1. The molecule has 1 aliphatic heterocycles. The van der Waals surface area contributed by atoms with Crippen LogP contribution in [0.25, 0.3) is 0 Å². The summed E-state index contributed by atoms with van der Waals surface area (Å²) in [5.74, 6) is -0.662. The first-order chi connectivity index (χ1) is 14.9. The molecule has 1 aliphatic rings. The number of nitrogens with two attached hydrogens (primary N) is 1. The van der Waals surface area contributed by atoms with Gasteiger partial charge in [-0.1, -0.05) is 54.6 Å². The lowest BCUT2D eigenvalue weighted by Gasteiger charge is -2.23. The zero-order chi connectivity index (χ0) is 22.6. The number of likely N-dealkylation sites (tertiary alicyclic amines) is 1. The topological polar surface area (TPSA) is 120 Å². The maximum Gasteiger partial charge on any atom is 0.300 e. The van der Waals surface area contributed by atoms with E-state index in [1.165, 1.54) is 5.56 Å². The van der Waals surface area contributed by atoms with E-state index >= 15 is 0 Å². The van der Waals surface area contributed by atoms with Crippen molar-refractivity contribution >= 4 is 17.7 Å². The molecule has 0 spiro atoms. The molecule has 166 valence electrons. The maximum atomic E-state index is 12.6. The quantitative estimate of drug-likeness (QED) is 0.384. The van der Waals surface area contributed by atoms with Crippen LogP contribution in [0.2, 0.25) is 0 Å². The molecule has 1 atom stereocenters. The molecule has 7 nitrogen and oxygen atoms in total. The van der Waals surface area contributed by atoms with Crippen LogP contribution in [-0.2, 0) is 22.6 Å². The van der Waals surface area contributed by atoms with E-state index in [0.717, 1.165) is 51.3 Å². The van der Waals surface area contributed by atoms with Crippen molar-refractivity contribution in [3.63, 3.8) is 0 Å². The smallest absolute Gasteiger partial charge is 0.300 e. The zero-order valence-electron chi connectivity index (χ0n) is 18.0. The van der Waals surface area contributed by atoms with E-state index in [2.05, 4.69) is 34.5 Å². The minimum Gasteiger partial charge on any atom is -0.481 e. The standard InChI is InChI=1S/C22H28N4O.C2H4O2/c23-21(24)19-12-10-18(11-13-19)16-25-22(27)20-9-5-15-26(20)14-4-8-17-6-2-1-3-7-17;1-2(3)4/h1-3,6-7,10-13,20H,4-5,8-9,14-16H2,(H3,23,24)(H,25,27);1H3,(H,3,4)/t20-;/m0./s1. The molecular weight excluding hydrogens is 392 g/mol. The number of rotatable bonds is 8. The van der Waals surface area contributed by atoms with Gasteiger partial charge in [0.15, 0.2) is 0 Å². The largest absolute Gasteiger partial charge is 0.481 e. The second-order valence-corrected chi connectivity index (χ2v) is 7.63.